The fourth-order valence-electron chi connectivity index (χ4n) is 11.4. The number of nitrogens with one attached hydrogen (secondary N) is 3. The molecule has 334 valence electrons. The monoisotopic (exact) mass is 870 g/mol. The number of fused-ring (bicyclic) bond motifs is 4. The van der Waals surface area contributed by atoms with E-state index in [9.17, 15) is 24.3 Å². The predicted octanol–water partition coefficient (Wildman–Crippen LogP) is 6.65. The van der Waals surface area contributed by atoms with Gasteiger partial charge in [-0.15, -0.1) is 0 Å². The van der Waals surface area contributed by atoms with Gasteiger partial charge in [-0.2, -0.15) is 0 Å². The van der Waals surface area contributed by atoms with Crippen LogP contribution in [0.2, 0.25) is 0 Å². The first-order chi connectivity index (χ1) is 31.1. The molecule has 16 nitrogen and oxygen atoms in total. The molecule has 2 aliphatic carbocycles. The summed E-state index contributed by atoms with van der Waals surface area (Å²) in [4.78, 5) is 75.4. The molecule has 8 atom stereocenters. The molecule has 6 heterocycles. The SMILES string of the molecule is COC(=O)N[C@H](C(=O)N1[C@@H]2C[C@H]2C[C@H]1c1nc2cc(-c3ccc4cc(-c5c[nH]c([C@@H]6C[C@H]7C[C@H]7N6C(=O)[C@H](C6CCOCC6)N(C)C(=O)O)n5)ccc4c3)ccc2[nH]1)C1CCOCC1. The van der Waals surface area contributed by atoms with Crippen LogP contribution >= 0.6 is 0 Å². The number of H-pyrrole nitrogens is 2. The van der Waals surface area contributed by atoms with Gasteiger partial charge in [-0.25, -0.2) is 19.6 Å². The van der Waals surface area contributed by atoms with E-state index in [1.807, 2.05) is 22.1 Å². The van der Waals surface area contributed by atoms with Crippen LogP contribution < -0.4 is 5.32 Å². The standard InChI is InChI=1S/C48H54N8O8/c1-54(48(60)61)42(26-11-15-64-16-12-26)46(58)56-38-21-32(38)22-39(56)43-49-24-36(52-43)31-6-5-27-17-28(3-4-29(27)18-31)30-7-8-34-35(19-30)51-44(50-34)40-23-33-20-37(33)55(40)45(57)41(53-47(59)62-2)25-9-13-63-14-10-25/h3-8,17-19,24-26,32-33,37-42H,9-16,20-23H2,1-2H3,(H,49,52)(H,50,51)(H,53,59)(H,60,61)/t32-,33+,37-,38-,39+,40+,41+,42+/m1/s1. The van der Waals surface area contributed by atoms with Crippen molar-refractivity contribution in [2.75, 3.05) is 40.6 Å². The summed E-state index contributed by atoms with van der Waals surface area (Å²) in [6.45, 7) is 2.17. The lowest BCUT2D eigenvalue weighted by atomic mass is 9.89. The second kappa shape index (κ2) is 16.2. The van der Waals surface area contributed by atoms with Crippen LogP contribution in [0.1, 0.15) is 75.1 Å². The molecule has 6 fully saturated rings. The minimum Gasteiger partial charge on any atom is -0.465 e. The molecule has 4 amide bonds. The van der Waals surface area contributed by atoms with E-state index >= 15 is 0 Å². The first kappa shape index (κ1) is 40.8. The lowest BCUT2D eigenvalue weighted by Gasteiger charge is -2.38. The number of likely N-dealkylation sites (N-methyl/N-ethyl adjacent to an activating group) is 1. The van der Waals surface area contributed by atoms with Crippen LogP contribution in [0.15, 0.2) is 60.8 Å². The number of likely N-dealkylation sites (tertiary alicyclic amines) is 2. The number of aromatic nitrogens is 4. The molecule has 16 heteroatoms. The van der Waals surface area contributed by atoms with Crippen molar-refractivity contribution < 1.29 is 38.5 Å². The number of rotatable bonds is 10. The third-order valence-electron chi connectivity index (χ3n) is 15.1. The Morgan fingerprint density at radius 2 is 1.36 bits per heavy atom. The van der Waals surface area contributed by atoms with Crippen LogP contribution in [-0.2, 0) is 23.8 Å². The summed E-state index contributed by atoms with van der Waals surface area (Å²) in [6.07, 6.45) is 6.43. The van der Waals surface area contributed by atoms with Crippen molar-refractivity contribution in [3.8, 4) is 22.4 Å². The fraction of sp³-hybridized carbons (Fsp3) is 0.500. The number of piperidine rings is 2. The molecular formula is C48H54N8O8. The Balaban J connectivity index is 0.808. The number of aromatic amines is 2. The molecule has 11 rings (SSSR count). The number of carbonyl (C=O) groups excluding carboxylic acids is 3. The van der Waals surface area contributed by atoms with E-state index in [1.54, 1.807) is 0 Å². The minimum absolute atomic E-state index is 0.0293. The first-order valence-corrected chi connectivity index (χ1v) is 22.8. The highest BCUT2D eigenvalue weighted by Crippen LogP contribution is 2.55. The zero-order chi connectivity index (χ0) is 43.8. The molecule has 4 aliphatic heterocycles. The third-order valence-corrected chi connectivity index (χ3v) is 15.1. The summed E-state index contributed by atoms with van der Waals surface area (Å²) >= 11 is 0. The number of methoxy groups -OCH3 is 1. The predicted molar refractivity (Wildman–Crippen MR) is 235 cm³/mol. The van der Waals surface area contributed by atoms with Gasteiger partial charge in [0.15, 0.2) is 0 Å². The van der Waals surface area contributed by atoms with Crippen LogP contribution in [0.25, 0.3) is 44.2 Å². The molecule has 2 saturated carbocycles. The molecule has 5 aromatic rings. The van der Waals surface area contributed by atoms with Gasteiger partial charge in [-0.3, -0.25) is 14.5 Å². The van der Waals surface area contributed by atoms with E-state index in [-0.39, 0.29) is 47.8 Å². The average molecular weight is 871 g/mol. The maximum Gasteiger partial charge on any atom is 0.407 e. The molecule has 2 aromatic heterocycles. The van der Waals surface area contributed by atoms with E-state index in [1.165, 1.54) is 19.1 Å². The number of hydrogen-bond acceptors (Lipinski definition) is 9. The number of imidazole rings is 2. The molecular weight excluding hydrogens is 817 g/mol. The van der Waals surface area contributed by atoms with Crippen molar-refractivity contribution in [1.82, 2.24) is 40.0 Å². The topological polar surface area (TPSA) is 195 Å². The van der Waals surface area contributed by atoms with Crippen molar-refractivity contribution in [3.05, 3.63) is 72.4 Å². The average Bonchev–Trinajstić information content (AvgIpc) is 3.94. The van der Waals surface area contributed by atoms with E-state index in [2.05, 4.69) is 63.8 Å². The summed E-state index contributed by atoms with van der Waals surface area (Å²) in [5.74, 6) is 1.98. The van der Waals surface area contributed by atoms with Crippen molar-refractivity contribution in [2.45, 2.75) is 87.6 Å². The summed E-state index contributed by atoms with van der Waals surface area (Å²) in [5.41, 5.74) is 5.55. The van der Waals surface area contributed by atoms with Crippen LogP contribution in [0.3, 0.4) is 0 Å². The summed E-state index contributed by atoms with van der Waals surface area (Å²) in [7, 11) is 2.83. The Bertz CT molecular complexity index is 2630. The maximum atomic E-state index is 14.3. The van der Waals surface area contributed by atoms with Crippen LogP contribution in [-0.4, -0.2) is 128 Å². The highest BCUT2D eigenvalue weighted by atomic mass is 16.5. The van der Waals surface area contributed by atoms with Gasteiger partial charge in [0.2, 0.25) is 11.8 Å². The molecule has 0 radical (unpaired) electrons. The Labute approximate surface area is 370 Å². The van der Waals surface area contributed by atoms with Gasteiger partial charge in [-0.05, 0) is 121 Å². The highest BCUT2D eigenvalue weighted by molar-refractivity contribution is 5.92. The Kier molecular flexibility index (Phi) is 10.3. The fourth-order valence-corrected chi connectivity index (χ4v) is 11.4. The van der Waals surface area contributed by atoms with E-state index in [0.29, 0.717) is 63.9 Å². The molecule has 64 heavy (non-hydrogen) atoms. The number of amides is 4. The number of carboxylic acid groups (broad SMARTS) is 1. The number of nitrogens with zero attached hydrogens (tertiary/aromatic N) is 5. The maximum absolute atomic E-state index is 14.3. The second-order valence-corrected chi connectivity index (χ2v) is 18.8. The Morgan fingerprint density at radius 3 is 2.03 bits per heavy atom. The molecule has 6 aliphatic rings. The summed E-state index contributed by atoms with van der Waals surface area (Å²) in [6, 6.07) is 17.3. The quantitative estimate of drug-likeness (QED) is 0.118. The summed E-state index contributed by atoms with van der Waals surface area (Å²) in [5, 5.41) is 15.0. The van der Waals surface area contributed by atoms with Crippen molar-refractivity contribution in [1.29, 1.82) is 0 Å². The van der Waals surface area contributed by atoms with Crippen molar-refractivity contribution >= 4 is 45.8 Å². The molecule has 4 N–H and O–H groups in total. The van der Waals surface area contributed by atoms with Gasteiger partial charge >= 0.3 is 12.2 Å². The van der Waals surface area contributed by atoms with Gasteiger partial charge in [-0.1, -0.05) is 30.3 Å². The lowest BCUT2D eigenvalue weighted by Crippen LogP contribution is -2.54. The number of benzene rings is 3. The number of ether oxygens (including phenoxy) is 3. The summed E-state index contributed by atoms with van der Waals surface area (Å²) < 4.78 is 16.0. The van der Waals surface area contributed by atoms with Crippen LogP contribution in [0.4, 0.5) is 9.59 Å². The van der Waals surface area contributed by atoms with E-state index in [0.717, 1.165) is 81.5 Å². The molecule has 0 unspecified atom stereocenters. The normalized spacial score (nSPS) is 26.3. The number of hydrogen-bond donors (Lipinski definition) is 4. The molecule has 0 bridgehead atoms. The van der Waals surface area contributed by atoms with Crippen molar-refractivity contribution in [2.24, 2.45) is 23.7 Å². The second-order valence-electron chi connectivity index (χ2n) is 18.8. The van der Waals surface area contributed by atoms with E-state index in [4.69, 9.17) is 24.2 Å². The van der Waals surface area contributed by atoms with Crippen LogP contribution in [0, 0.1) is 23.7 Å². The smallest absolute Gasteiger partial charge is 0.407 e. The largest absolute Gasteiger partial charge is 0.465 e. The zero-order valence-corrected chi connectivity index (χ0v) is 36.1. The zero-order valence-electron chi connectivity index (χ0n) is 36.1. The van der Waals surface area contributed by atoms with E-state index < -0.39 is 24.3 Å². The molecule has 0 spiro atoms. The Morgan fingerprint density at radius 1 is 0.766 bits per heavy atom. The van der Waals surface area contributed by atoms with Gasteiger partial charge in [0.05, 0.1) is 35.9 Å². The minimum atomic E-state index is -1.10. The molecule has 4 saturated heterocycles. The van der Waals surface area contributed by atoms with Crippen LogP contribution in [0.5, 0.6) is 0 Å². The van der Waals surface area contributed by atoms with Gasteiger partial charge in [0.1, 0.15) is 23.7 Å². The highest BCUT2D eigenvalue weighted by Gasteiger charge is 2.58. The number of alkyl carbamates (subject to hydrolysis) is 1. The third kappa shape index (κ3) is 7.33. The van der Waals surface area contributed by atoms with Gasteiger partial charge < -0.3 is 44.4 Å². The Hall–Kier alpha value is -6.00. The number of carbonyl (C=O) groups is 4. The van der Waals surface area contributed by atoms with Crippen molar-refractivity contribution in [3.63, 3.8) is 0 Å². The lowest BCUT2D eigenvalue weighted by molar-refractivity contribution is -0.141. The van der Waals surface area contributed by atoms with Gasteiger partial charge in [0.25, 0.3) is 0 Å². The van der Waals surface area contributed by atoms with Gasteiger partial charge in [0, 0.05) is 57.3 Å². The first-order valence-electron chi connectivity index (χ1n) is 22.8. The molecule has 3 aromatic carbocycles.